The highest BCUT2D eigenvalue weighted by atomic mass is 32.2. The Balaban J connectivity index is 1.88. The smallest absolute Gasteiger partial charge is 0.240 e. The molecule has 124 valence electrons. The minimum Gasteiger partial charge on any atom is -0.382 e. The number of amides is 2. The van der Waals surface area contributed by atoms with Crippen LogP contribution in [-0.4, -0.2) is 42.0 Å². The van der Waals surface area contributed by atoms with Gasteiger partial charge in [-0.25, -0.2) is 4.39 Å². The van der Waals surface area contributed by atoms with Gasteiger partial charge in [0.1, 0.15) is 11.1 Å². The molecule has 1 saturated heterocycles. The van der Waals surface area contributed by atoms with E-state index in [1.165, 1.54) is 36.0 Å². The molecular weight excluding hydrogens is 321 g/mol. The topological polar surface area (TPSA) is 79.8 Å². The Hall–Kier alpha value is -1.93. The second-order valence-corrected chi connectivity index (χ2v) is 6.28. The quantitative estimate of drug-likeness (QED) is 0.828. The number of rotatable bonds is 6. The normalized spacial score (nSPS) is 20.4. The third kappa shape index (κ3) is 5.33. The highest BCUT2D eigenvalue weighted by molar-refractivity contribution is 8.15. The maximum Gasteiger partial charge on any atom is 0.240 e. The molecule has 1 heterocycles. The number of anilines is 1. The first-order valence-corrected chi connectivity index (χ1v) is 7.95. The molecular formula is C15H18FN3O3S. The number of nitrogens with one attached hydrogen (secondary N) is 2. The second-order valence-electron chi connectivity index (χ2n) is 5.09. The molecule has 0 radical (unpaired) electrons. The lowest BCUT2D eigenvalue weighted by Crippen LogP contribution is -2.28. The van der Waals surface area contributed by atoms with Crippen molar-refractivity contribution in [1.29, 1.82) is 0 Å². The molecule has 1 aromatic rings. The number of benzene rings is 1. The van der Waals surface area contributed by atoms with Crippen LogP contribution in [0.5, 0.6) is 0 Å². The number of methoxy groups -OCH3 is 1. The first-order chi connectivity index (χ1) is 11.0. The molecule has 2 unspecified atom stereocenters. The average molecular weight is 339 g/mol. The lowest BCUT2D eigenvalue weighted by Gasteiger charge is -2.07. The van der Waals surface area contributed by atoms with Crippen molar-refractivity contribution >= 4 is 34.4 Å². The van der Waals surface area contributed by atoms with Crippen LogP contribution >= 0.6 is 11.8 Å². The molecule has 0 spiro atoms. The predicted molar refractivity (Wildman–Crippen MR) is 87.9 cm³/mol. The number of aliphatic imine (C=N–C) groups is 1. The summed E-state index contributed by atoms with van der Waals surface area (Å²) in [5.74, 6) is -0.928. The highest BCUT2D eigenvalue weighted by Gasteiger charge is 2.32. The fourth-order valence-electron chi connectivity index (χ4n) is 1.99. The van der Waals surface area contributed by atoms with Gasteiger partial charge >= 0.3 is 0 Å². The Morgan fingerprint density at radius 1 is 1.48 bits per heavy atom. The zero-order valence-electron chi connectivity index (χ0n) is 12.8. The number of thioether (sulfide) groups is 1. The van der Waals surface area contributed by atoms with Crippen LogP contribution in [0.1, 0.15) is 13.3 Å². The molecule has 2 N–H and O–H groups in total. The summed E-state index contributed by atoms with van der Waals surface area (Å²) in [5.41, 5.74) is 0.488. The molecule has 0 aliphatic carbocycles. The van der Waals surface area contributed by atoms with Crippen LogP contribution in [0.15, 0.2) is 29.3 Å². The van der Waals surface area contributed by atoms with Gasteiger partial charge in [0, 0.05) is 19.2 Å². The maximum atomic E-state index is 12.8. The standard InChI is InChI=1S/C15H18FN3O3S/c1-9(8-22-2)17-15-19-14(21)12(23-15)7-13(20)18-11-5-3-10(16)4-6-11/h3-6,9,12H,7-8H2,1-2H3,(H,18,20)(H,17,19,21). The average Bonchev–Trinajstić information content (AvgIpc) is 2.81. The summed E-state index contributed by atoms with van der Waals surface area (Å²) >= 11 is 1.23. The molecule has 1 aliphatic rings. The van der Waals surface area contributed by atoms with Crippen molar-refractivity contribution in [2.24, 2.45) is 4.99 Å². The van der Waals surface area contributed by atoms with E-state index in [2.05, 4.69) is 15.6 Å². The fourth-order valence-corrected chi connectivity index (χ4v) is 3.06. The summed E-state index contributed by atoms with van der Waals surface area (Å²) in [6.45, 7) is 2.33. The van der Waals surface area contributed by atoms with E-state index >= 15 is 0 Å². The molecule has 2 amide bonds. The van der Waals surface area contributed by atoms with Gasteiger partial charge in [-0.15, -0.1) is 0 Å². The minimum atomic E-state index is -0.524. The summed E-state index contributed by atoms with van der Waals surface area (Å²) in [6, 6.07) is 5.38. The molecule has 1 fully saturated rings. The molecule has 2 rings (SSSR count). The summed E-state index contributed by atoms with van der Waals surface area (Å²) in [4.78, 5) is 28.2. The van der Waals surface area contributed by atoms with Crippen LogP contribution in [0.4, 0.5) is 10.1 Å². The Bertz CT molecular complexity index is 606. The van der Waals surface area contributed by atoms with E-state index < -0.39 is 5.25 Å². The molecule has 0 bridgehead atoms. The van der Waals surface area contributed by atoms with E-state index in [4.69, 9.17) is 4.74 Å². The number of hydrogen-bond acceptors (Lipinski definition) is 5. The molecule has 0 saturated carbocycles. The zero-order valence-corrected chi connectivity index (χ0v) is 13.7. The van der Waals surface area contributed by atoms with Crippen molar-refractivity contribution in [3.05, 3.63) is 30.1 Å². The Labute approximate surface area is 137 Å². The number of nitrogens with zero attached hydrogens (tertiary/aromatic N) is 1. The van der Waals surface area contributed by atoms with Crippen molar-refractivity contribution in [2.75, 3.05) is 19.0 Å². The van der Waals surface area contributed by atoms with Gasteiger partial charge in [0.05, 0.1) is 12.6 Å². The number of halogens is 1. The molecule has 6 nitrogen and oxygen atoms in total. The van der Waals surface area contributed by atoms with Crippen molar-refractivity contribution in [3.8, 4) is 0 Å². The highest BCUT2D eigenvalue weighted by Crippen LogP contribution is 2.23. The summed E-state index contributed by atoms with van der Waals surface area (Å²) in [7, 11) is 1.58. The third-order valence-corrected chi connectivity index (χ3v) is 4.12. The Morgan fingerprint density at radius 3 is 2.83 bits per heavy atom. The van der Waals surface area contributed by atoms with Crippen LogP contribution in [0, 0.1) is 5.82 Å². The van der Waals surface area contributed by atoms with Gasteiger partial charge in [-0.05, 0) is 31.2 Å². The monoisotopic (exact) mass is 339 g/mol. The van der Waals surface area contributed by atoms with Gasteiger partial charge in [0.2, 0.25) is 11.8 Å². The first kappa shape index (κ1) is 17.4. The second kappa shape index (κ2) is 8.07. The molecule has 23 heavy (non-hydrogen) atoms. The Kier molecular flexibility index (Phi) is 6.12. The van der Waals surface area contributed by atoms with Crippen molar-refractivity contribution in [2.45, 2.75) is 24.6 Å². The van der Waals surface area contributed by atoms with Crippen LogP contribution < -0.4 is 10.6 Å². The number of hydrogen-bond donors (Lipinski definition) is 2. The van der Waals surface area contributed by atoms with Gasteiger partial charge in [0.15, 0.2) is 5.17 Å². The molecule has 1 aromatic carbocycles. The summed E-state index contributed by atoms with van der Waals surface area (Å²) < 4.78 is 17.8. The van der Waals surface area contributed by atoms with Crippen molar-refractivity contribution in [3.63, 3.8) is 0 Å². The van der Waals surface area contributed by atoms with E-state index in [1.54, 1.807) is 7.11 Å². The van der Waals surface area contributed by atoms with Gasteiger partial charge in [0.25, 0.3) is 0 Å². The van der Waals surface area contributed by atoms with E-state index in [0.717, 1.165) is 0 Å². The van der Waals surface area contributed by atoms with Crippen LogP contribution in [0.3, 0.4) is 0 Å². The van der Waals surface area contributed by atoms with E-state index in [1.807, 2.05) is 6.92 Å². The lowest BCUT2D eigenvalue weighted by molar-refractivity contribution is -0.122. The van der Waals surface area contributed by atoms with Crippen LogP contribution in [-0.2, 0) is 14.3 Å². The van der Waals surface area contributed by atoms with Crippen molar-refractivity contribution < 1.29 is 18.7 Å². The predicted octanol–water partition coefficient (Wildman–Crippen LogP) is 1.78. The van der Waals surface area contributed by atoms with E-state index in [0.29, 0.717) is 17.5 Å². The zero-order chi connectivity index (χ0) is 16.8. The number of carbonyl (C=O) groups excluding carboxylic acids is 2. The molecule has 2 atom stereocenters. The minimum absolute atomic E-state index is 0.0194. The van der Waals surface area contributed by atoms with Gasteiger partial charge in [-0.2, -0.15) is 0 Å². The third-order valence-electron chi connectivity index (χ3n) is 3.02. The van der Waals surface area contributed by atoms with Crippen LogP contribution in [0.2, 0.25) is 0 Å². The molecule has 1 aliphatic heterocycles. The summed E-state index contributed by atoms with van der Waals surface area (Å²) in [6.07, 6.45) is 0.0194. The van der Waals surface area contributed by atoms with Crippen LogP contribution in [0.25, 0.3) is 0 Å². The van der Waals surface area contributed by atoms with Gasteiger partial charge < -0.3 is 15.4 Å². The number of ether oxygens (including phenoxy) is 1. The Morgan fingerprint density at radius 2 is 2.17 bits per heavy atom. The SMILES string of the molecule is COCC(C)N=C1NC(=O)C(CC(=O)Nc2ccc(F)cc2)S1. The molecule has 8 heteroatoms. The van der Waals surface area contributed by atoms with E-state index in [-0.39, 0.29) is 30.1 Å². The van der Waals surface area contributed by atoms with Gasteiger partial charge in [-0.3, -0.25) is 14.6 Å². The fraction of sp³-hybridized carbons (Fsp3) is 0.400. The largest absolute Gasteiger partial charge is 0.382 e. The van der Waals surface area contributed by atoms with Crippen molar-refractivity contribution in [1.82, 2.24) is 5.32 Å². The first-order valence-electron chi connectivity index (χ1n) is 7.07. The maximum absolute atomic E-state index is 12.8. The number of amidine groups is 1. The lowest BCUT2D eigenvalue weighted by atomic mass is 10.2. The van der Waals surface area contributed by atoms with Gasteiger partial charge in [-0.1, -0.05) is 11.8 Å². The number of carbonyl (C=O) groups is 2. The summed E-state index contributed by atoms with van der Waals surface area (Å²) in [5, 5.41) is 5.27. The van der Waals surface area contributed by atoms with E-state index in [9.17, 15) is 14.0 Å². The molecule has 0 aromatic heterocycles.